The number of rotatable bonds is 3. The van der Waals surface area contributed by atoms with Crippen LogP contribution in [0.2, 0.25) is 0 Å². The second-order valence-electron chi connectivity index (χ2n) is 11.4. The highest BCUT2D eigenvalue weighted by molar-refractivity contribution is 7.20. The number of ether oxygens (including phenoxy) is 1. The van der Waals surface area contributed by atoms with Gasteiger partial charge in [-0.1, -0.05) is 39.0 Å². The molecule has 0 bridgehead atoms. The molecule has 2 aromatic rings. The third-order valence-corrected chi connectivity index (χ3v) is 7.60. The highest BCUT2D eigenvalue weighted by atomic mass is 32.1. The van der Waals surface area contributed by atoms with Gasteiger partial charge in [0.15, 0.2) is 0 Å². The molecule has 2 saturated heterocycles. The Morgan fingerprint density at radius 2 is 1.82 bits per heavy atom. The van der Waals surface area contributed by atoms with Gasteiger partial charge in [-0.05, 0) is 50.6 Å². The van der Waals surface area contributed by atoms with E-state index in [1.165, 1.54) is 11.3 Å². The monoisotopic (exact) mass is 471 g/mol. The Morgan fingerprint density at radius 1 is 1.15 bits per heavy atom. The van der Waals surface area contributed by atoms with Crippen LogP contribution in [0.15, 0.2) is 30.3 Å². The zero-order chi connectivity index (χ0) is 24.3. The van der Waals surface area contributed by atoms with Gasteiger partial charge in [0.05, 0.1) is 16.5 Å². The molecule has 1 aromatic heterocycles. The quantitative estimate of drug-likeness (QED) is 0.725. The first-order valence-electron chi connectivity index (χ1n) is 11.3. The van der Waals surface area contributed by atoms with Gasteiger partial charge in [0.2, 0.25) is 5.91 Å². The van der Waals surface area contributed by atoms with Crippen molar-refractivity contribution in [1.29, 1.82) is 0 Å². The number of benzene rings is 1. The normalized spacial score (nSPS) is 23.3. The Balaban J connectivity index is 1.46. The van der Waals surface area contributed by atoms with Gasteiger partial charge in [-0.15, -0.1) is 11.3 Å². The van der Waals surface area contributed by atoms with Crippen molar-refractivity contribution in [3.8, 4) is 0 Å². The molecule has 3 atom stereocenters. The number of amides is 3. The fourth-order valence-electron chi connectivity index (χ4n) is 4.57. The predicted octanol–water partition coefficient (Wildman–Crippen LogP) is 4.27. The van der Waals surface area contributed by atoms with Gasteiger partial charge in [0.1, 0.15) is 11.6 Å². The van der Waals surface area contributed by atoms with Gasteiger partial charge < -0.3 is 15.0 Å². The second kappa shape index (κ2) is 7.72. The summed E-state index contributed by atoms with van der Waals surface area (Å²) in [5.74, 6) is -0.352. The largest absolute Gasteiger partial charge is 0.444 e. The Hall–Kier alpha value is -2.61. The van der Waals surface area contributed by atoms with Crippen molar-refractivity contribution in [2.45, 2.75) is 71.7 Å². The topological polar surface area (TPSA) is 79.0 Å². The summed E-state index contributed by atoms with van der Waals surface area (Å²) in [4.78, 5) is 43.2. The van der Waals surface area contributed by atoms with Crippen molar-refractivity contribution in [2.24, 2.45) is 5.41 Å². The van der Waals surface area contributed by atoms with E-state index in [1.807, 2.05) is 78.8 Å². The molecule has 0 radical (unpaired) electrons. The number of thiophene rings is 1. The molecule has 0 saturated carbocycles. The van der Waals surface area contributed by atoms with Crippen molar-refractivity contribution >= 4 is 39.3 Å². The van der Waals surface area contributed by atoms with Crippen molar-refractivity contribution in [3.63, 3.8) is 0 Å². The van der Waals surface area contributed by atoms with Gasteiger partial charge in [-0.2, -0.15) is 0 Å². The number of piperazine rings is 1. The van der Waals surface area contributed by atoms with E-state index in [4.69, 9.17) is 4.74 Å². The van der Waals surface area contributed by atoms with Gasteiger partial charge >= 0.3 is 6.09 Å². The van der Waals surface area contributed by atoms with Crippen LogP contribution in [0, 0.1) is 5.41 Å². The van der Waals surface area contributed by atoms with E-state index in [0.29, 0.717) is 18.0 Å². The molecule has 3 amide bonds. The Bertz CT molecular complexity index is 1080. The molecule has 7 nitrogen and oxygen atoms in total. The van der Waals surface area contributed by atoms with Crippen molar-refractivity contribution in [3.05, 3.63) is 35.2 Å². The van der Waals surface area contributed by atoms with Crippen LogP contribution in [-0.2, 0) is 9.53 Å². The van der Waals surface area contributed by atoms with Crippen LogP contribution in [0.4, 0.5) is 4.79 Å². The summed E-state index contributed by atoms with van der Waals surface area (Å²) in [5, 5.41) is 4.01. The Morgan fingerprint density at radius 3 is 2.36 bits per heavy atom. The SMILES string of the molecule is CC(C)(C)OC(=O)N1CC2(C)C1CN2C(=O)C(NC(=O)c1cc2ccccc2s1)C(C)(C)C. The number of carbonyl (C=O) groups is 3. The number of nitrogens with one attached hydrogen (secondary N) is 1. The van der Waals surface area contributed by atoms with E-state index in [0.717, 1.165) is 10.1 Å². The number of likely N-dealkylation sites (tertiary alicyclic amines) is 2. The highest BCUT2D eigenvalue weighted by Crippen LogP contribution is 2.45. The van der Waals surface area contributed by atoms with E-state index in [9.17, 15) is 14.4 Å². The van der Waals surface area contributed by atoms with E-state index in [1.54, 1.807) is 9.80 Å². The minimum Gasteiger partial charge on any atom is -0.444 e. The molecule has 3 heterocycles. The van der Waals surface area contributed by atoms with Gasteiger partial charge in [0.25, 0.3) is 5.91 Å². The van der Waals surface area contributed by atoms with E-state index in [2.05, 4.69) is 5.32 Å². The summed E-state index contributed by atoms with van der Waals surface area (Å²) in [6.07, 6.45) is -0.345. The number of nitrogens with zero attached hydrogens (tertiary/aromatic N) is 2. The van der Waals surface area contributed by atoms with Crippen molar-refractivity contribution in [1.82, 2.24) is 15.1 Å². The van der Waals surface area contributed by atoms with Crippen LogP contribution in [0.25, 0.3) is 10.1 Å². The van der Waals surface area contributed by atoms with Crippen LogP contribution in [0.3, 0.4) is 0 Å². The van der Waals surface area contributed by atoms with Gasteiger partial charge in [-0.3, -0.25) is 14.5 Å². The maximum atomic E-state index is 13.6. The first-order valence-corrected chi connectivity index (χ1v) is 12.1. The maximum absolute atomic E-state index is 13.6. The molecular weight excluding hydrogens is 438 g/mol. The lowest BCUT2D eigenvalue weighted by Gasteiger charge is -2.69. The van der Waals surface area contributed by atoms with Crippen LogP contribution in [0.1, 0.15) is 58.1 Å². The van der Waals surface area contributed by atoms with E-state index in [-0.39, 0.29) is 23.9 Å². The minimum absolute atomic E-state index is 0.0600. The average Bonchev–Trinajstić information content (AvgIpc) is 3.12. The molecular formula is C25H33N3O4S. The van der Waals surface area contributed by atoms with Crippen LogP contribution < -0.4 is 5.32 Å². The molecule has 2 fully saturated rings. The average molecular weight is 472 g/mol. The Labute approximate surface area is 199 Å². The molecule has 3 unspecified atom stereocenters. The summed E-state index contributed by atoms with van der Waals surface area (Å²) in [6.45, 7) is 14.2. The zero-order valence-corrected chi connectivity index (χ0v) is 21.2. The van der Waals surface area contributed by atoms with E-state index >= 15 is 0 Å². The lowest BCUT2D eigenvalue weighted by atomic mass is 9.71. The maximum Gasteiger partial charge on any atom is 0.410 e. The third-order valence-electron chi connectivity index (χ3n) is 6.49. The van der Waals surface area contributed by atoms with Gasteiger partial charge in [0, 0.05) is 17.8 Å². The molecule has 2 aliphatic rings. The number of hydrogen-bond acceptors (Lipinski definition) is 5. The second-order valence-corrected chi connectivity index (χ2v) is 12.4. The summed E-state index contributed by atoms with van der Waals surface area (Å²) >= 11 is 1.42. The summed E-state index contributed by atoms with van der Waals surface area (Å²) in [7, 11) is 0. The van der Waals surface area contributed by atoms with Crippen LogP contribution >= 0.6 is 11.3 Å². The van der Waals surface area contributed by atoms with Crippen LogP contribution in [0.5, 0.6) is 0 Å². The van der Waals surface area contributed by atoms with Crippen molar-refractivity contribution in [2.75, 3.05) is 13.1 Å². The van der Waals surface area contributed by atoms with Crippen molar-refractivity contribution < 1.29 is 19.1 Å². The zero-order valence-electron chi connectivity index (χ0n) is 20.4. The molecule has 178 valence electrons. The molecule has 8 heteroatoms. The molecule has 0 aliphatic carbocycles. The minimum atomic E-state index is -0.677. The number of hydrogen-bond donors (Lipinski definition) is 1. The summed E-state index contributed by atoms with van der Waals surface area (Å²) < 4.78 is 6.53. The van der Waals surface area contributed by atoms with Crippen LogP contribution in [-0.4, -0.2) is 64.0 Å². The highest BCUT2D eigenvalue weighted by Gasteiger charge is 2.66. The lowest BCUT2D eigenvalue weighted by molar-refractivity contribution is -0.197. The Kier molecular flexibility index (Phi) is 5.51. The third kappa shape index (κ3) is 4.21. The first kappa shape index (κ1) is 23.5. The lowest BCUT2D eigenvalue weighted by Crippen LogP contribution is -2.88. The predicted molar refractivity (Wildman–Crippen MR) is 129 cm³/mol. The van der Waals surface area contributed by atoms with E-state index < -0.39 is 22.6 Å². The molecule has 1 aromatic carbocycles. The summed E-state index contributed by atoms with van der Waals surface area (Å²) in [5.41, 5.74) is -1.46. The molecule has 4 rings (SSSR count). The van der Waals surface area contributed by atoms with Gasteiger partial charge in [-0.25, -0.2) is 4.79 Å². The molecule has 1 N–H and O–H groups in total. The fourth-order valence-corrected chi connectivity index (χ4v) is 5.53. The molecule has 2 aliphatic heterocycles. The number of carbonyl (C=O) groups excluding carboxylic acids is 3. The summed E-state index contributed by atoms with van der Waals surface area (Å²) in [6, 6.07) is 8.98. The molecule has 33 heavy (non-hydrogen) atoms. The molecule has 0 spiro atoms. The number of fused-ring (bicyclic) bond motifs is 2. The fraction of sp³-hybridized carbons (Fsp3) is 0.560. The smallest absolute Gasteiger partial charge is 0.410 e. The standard InChI is InChI=1S/C25H33N3O4S/c1-23(2,3)19(26-20(29)17-12-15-10-8-9-11-16(15)33-17)21(30)28-13-18-25(28,7)14-27(18)22(31)32-24(4,5)6/h8-12,18-19H,13-14H2,1-7H3,(H,26,29). The first-order chi connectivity index (χ1) is 15.2.